The number of nitrogens with zero attached hydrogens (tertiary/aromatic N) is 4. The molecule has 0 atom stereocenters. The van der Waals surface area contributed by atoms with Gasteiger partial charge in [-0.15, -0.1) is 0 Å². The van der Waals surface area contributed by atoms with Gasteiger partial charge in [0.05, 0.1) is 10.5 Å². The van der Waals surface area contributed by atoms with Crippen molar-refractivity contribution >= 4 is 51.4 Å². The number of hydrogen-bond acceptors (Lipinski definition) is 7. The van der Waals surface area contributed by atoms with Crippen molar-refractivity contribution in [1.82, 2.24) is 19.8 Å². The number of carbonyl (C=O) groups is 1. The van der Waals surface area contributed by atoms with Crippen LogP contribution in [0.5, 0.6) is 5.75 Å². The number of nitrogens with one attached hydrogen (secondary N) is 3. The molecule has 45 heavy (non-hydrogen) atoms. The van der Waals surface area contributed by atoms with Crippen LogP contribution in [-0.4, -0.2) is 59.0 Å². The molecule has 0 unspecified atom stereocenters. The summed E-state index contributed by atoms with van der Waals surface area (Å²) in [4.78, 5) is 26.4. The van der Waals surface area contributed by atoms with Gasteiger partial charge >= 0.3 is 6.03 Å². The highest BCUT2D eigenvalue weighted by Gasteiger charge is 2.14. The van der Waals surface area contributed by atoms with Crippen LogP contribution >= 0.6 is 11.6 Å². The van der Waals surface area contributed by atoms with Crippen molar-refractivity contribution in [3.63, 3.8) is 0 Å². The minimum absolute atomic E-state index is 0.187. The molecule has 230 valence electrons. The van der Waals surface area contributed by atoms with Gasteiger partial charge in [-0.05, 0) is 78.8 Å². The van der Waals surface area contributed by atoms with Crippen molar-refractivity contribution in [2.24, 2.45) is 0 Å². The van der Waals surface area contributed by atoms with Crippen LogP contribution in [0, 0.1) is 5.82 Å². The summed E-state index contributed by atoms with van der Waals surface area (Å²) in [7, 11) is 2.15. The summed E-state index contributed by atoms with van der Waals surface area (Å²) < 4.78 is 19.3. The highest BCUT2D eigenvalue weighted by molar-refractivity contribution is 6.32. The van der Waals surface area contributed by atoms with Crippen LogP contribution in [0.2, 0.25) is 5.02 Å². The number of aromatic nitrogens is 2. The van der Waals surface area contributed by atoms with Gasteiger partial charge in [0.1, 0.15) is 30.3 Å². The molecule has 1 fully saturated rings. The molecule has 3 N–H and O–H groups in total. The number of amides is 2. The summed E-state index contributed by atoms with van der Waals surface area (Å²) in [5.41, 5.74) is 4.60. The molecule has 4 aromatic carbocycles. The SMILES string of the molecule is CN1CCN(Cc2ccc(NC(=O)Nc3ccc4ncnc(Nc5ccc(OCc6cccc(F)c6)c(Cl)c5)c4c3)cc2)CC1. The third-order valence-corrected chi connectivity index (χ3v) is 7.88. The first kappa shape index (κ1) is 30.3. The molecule has 6 rings (SSSR count). The molecule has 2 amide bonds. The molecule has 0 spiro atoms. The van der Waals surface area contributed by atoms with Gasteiger partial charge in [0.25, 0.3) is 0 Å². The van der Waals surface area contributed by atoms with Gasteiger partial charge in [-0.3, -0.25) is 4.90 Å². The molecule has 0 radical (unpaired) electrons. The van der Waals surface area contributed by atoms with Gasteiger partial charge in [0.15, 0.2) is 0 Å². The first-order valence-corrected chi connectivity index (χ1v) is 15.0. The number of carbonyl (C=O) groups excluding carboxylic acids is 1. The summed E-state index contributed by atoms with van der Waals surface area (Å²) >= 11 is 6.49. The number of rotatable bonds is 9. The van der Waals surface area contributed by atoms with Gasteiger partial charge in [-0.2, -0.15) is 0 Å². The predicted octanol–water partition coefficient (Wildman–Crippen LogP) is 7.14. The van der Waals surface area contributed by atoms with Crippen LogP contribution in [0.3, 0.4) is 0 Å². The number of hydrogen-bond donors (Lipinski definition) is 3. The van der Waals surface area contributed by atoms with E-state index < -0.39 is 0 Å². The van der Waals surface area contributed by atoms with Gasteiger partial charge < -0.3 is 25.6 Å². The van der Waals surface area contributed by atoms with E-state index in [4.69, 9.17) is 16.3 Å². The Morgan fingerprint density at radius 2 is 1.62 bits per heavy atom. The summed E-state index contributed by atoms with van der Waals surface area (Å²) in [5.74, 6) is 0.699. The van der Waals surface area contributed by atoms with Gasteiger partial charge in [-0.1, -0.05) is 35.9 Å². The van der Waals surface area contributed by atoms with Crippen molar-refractivity contribution in [3.8, 4) is 5.75 Å². The molecule has 0 aliphatic carbocycles. The zero-order chi connectivity index (χ0) is 31.2. The molecule has 11 heteroatoms. The molecule has 1 saturated heterocycles. The second-order valence-electron chi connectivity index (χ2n) is 11.0. The number of piperazine rings is 1. The van der Waals surface area contributed by atoms with E-state index >= 15 is 0 Å². The van der Waals surface area contributed by atoms with E-state index in [0.717, 1.165) is 32.7 Å². The van der Waals surface area contributed by atoms with E-state index in [1.165, 1.54) is 24.0 Å². The third kappa shape index (κ3) is 8.04. The number of halogens is 2. The molecule has 1 aromatic heterocycles. The summed E-state index contributed by atoms with van der Waals surface area (Å²) in [6.07, 6.45) is 1.47. The molecular weight excluding hydrogens is 593 g/mol. The monoisotopic (exact) mass is 625 g/mol. The first-order chi connectivity index (χ1) is 21.9. The second kappa shape index (κ2) is 13.9. The van der Waals surface area contributed by atoms with Crippen LogP contribution in [-0.2, 0) is 13.2 Å². The number of urea groups is 1. The highest BCUT2D eigenvalue weighted by Crippen LogP contribution is 2.31. The lowest BCUT2D eigenvalue weighted by Gasteiger charge is -2.32. The van der Waals surface area contributed by atoms with Crippen molar-refractivity contribution < 1.29 is 13.9 Å². The Morgan fingerprint density at radius 1 is 0.867 bits per heavy atom. The molecule has 2 heterocycles. The van der Waals surface area contributed by atoms with Gasteiger partial charge in [0, 0.05) is 55.2 Å². The molecule has 5 aromatic rings. The van der Waals surface area contributed by atoms with E-state index in [1.807, 2.05) is 30.3 Å². The fourth-order valence-corrected chi connectivity index (χ4v) is 5.34. The second-order valence-corrected chi connectivity index (χ2v) is 11.4. The summed E-state index contributed by atoms with van der Waals surface area (Å²) in [5, 5.41) is 10.2. The lowest BCUT2D eigenvalue weighted by atomic mass is 10.2. The smallest absolute Gasteiger partial charge is 0.323 e. The summed E-state index contributed by atoms with van der Waals surface area (Å²) in [6.45, 7) is 5.36. The average molecular weight is 626 g/mol. The molecule has 9 nitrogen and oxygen atoms in total. The van der Waals surface area contributed by atoms with E-state index in [1.54, 1.807) is 30.3 Å². The number of anilines is 4. The topological polar surface area (TPSA) is 94.7 Å². The quantitative estimate of drug-likeness (QED) is 0.160. The predicted molar refractivity (Wildman–Crippen MR) is 177 cm³/mol. The molecular formula is C34H33ClFN7O2. The van der Waals surface area contributed by atoms with Crippen LogP contribution < -0.4 is 20.7 Å². The van der Waals surface area contributed by atoms with E-state index in [9.17, 15) is 9.18 Å². The number of fused-ring (bicyclic) bond motifs is 1. The fourth-order valence-electron chi connectivity index (χ4n) is 5.11. The lowest BCUT2D eigenvalue weighted by molar-refractivity contribution is 0.148. The lowest BCUT2D eigenvalue weighted by Crippen LogP contribution is -2.43. The number of ether oxygens (including phenoxy) is 1. The maximum absolute atomic E-state index is 13.5. The van der Waals surface area contributed by atoms with Crippen molar-refractivity contribution in [2.45, 2.75) is 13.2 Å². The Balaban J connectivity index is 1.08. The highest BCUT2D eigenvalue weighted by atomic mass is 35.5. The van der Waals surface area contributed by atoms with Crippen LogP contribution in [0.15, 0.2) is 91.3 Å². The summed E-state index contributed by atoms with van der Waals surface area (Å²) in [6, 6.07) is 24.5. The Labute approximate surface area is 266 Å². The fraction of sp³-hybridized carbons (Fsp3) is 0.206. The Hall–Kier alpha value is -4.77. The van der Waals surface area contributed by atoms with Crippen molar-refractivity contribution in [1.29, 1.82) is 0 Å². The maximum Gasteiger partial charge on any atom is 0.323 e. The minimum atomic E-state index is -0.354. The third-order valence-electron chi connectivity index (χ3n) is 7.59. The molecule has 1 aliphatic rings. The molecule has 0 bridgehead atoms. The first-order valence-electron chi connectivity index (χ1n) is 14.6. The largest absolute Gasteiger partial charge is 0.487 e. The number of likely N-dealkylation sites (N-methyl/N-ethyl adjacent to an activating group) is 1. The Bertz CT molecular complexity index is 1800. The Morgan fingerprint density at radius 3 is 2.40 bits per heavy atom. The zero-order valence-corrected chi connectivity index (χ0v) is 25.5. The van der Waals surface area contributed by atoms with Crippen LogP contribution in [0.25, 0.3) is 10.9 Å². The van der Waals surface area contributed by atoms with Crippen molar-refractivity contribution in [2.75, 3.05) is 49.2 Å². The van der Waals surface area contributed by atoms with Crippen LogP contribution in [0.4, 0.5) is 32.1 Å². The molecule has 0 saturated carbocycles. The average Bonchev–Trinajstić information content (AvgIpc) is 3.03. The maximum atomic E-state index is 13.5. The zero-order valence-electron chi connectivity index (χ0n) is 24.8. The Kier molecular flexibility index (Phi) is 9.35. The van der Waals surface area contributed by atoms with Gasteiger partial charge in [-0.25, -0.2) is 19.2 Å². The van der Waals surface area contributed by atoms with Gasteiger partial charge in [0.2, 0.25) is 0 Å². The normalized spacial score (nSPS) is 13.8. The minimum Gasteiger partial charge on any atom is -0.487 e. The van der Waals surface area contributed by atoms with E-state index in [-0.39, 0.29) is 18.5 Å². The standard InChI is InChI=1S/C34H33ClFN7O2/c1-42-13-15-43(16-14-42)20-23-5-7-26(8-6-23)40-34(44)41-27-9-11-31-29(18-27)33(38-22-37-31)39-28-10-12-32(30(35)19-28)45-21-24-3-2-4-25(36)17-24/h2-12,17-19,22H,13-16,20-21H2,1H3,(H,37,38,39)(H2,40,41,44). The number of benzene rings is 4. The van der Waals surface area contributed by atoms with Crippen molar-refractivity contribution in [3.05, 3.63) is 113 Å². The van der Waals surface area contributed by atoms with E-state index in [0.29, 0.717) is 50.1 Å². The van der Waals surface area contributed by atoms with E-state index in [2.05, 4.69) is 54.9 Å². The van der Waals surface area contributed by atoms with Crippen LogP contribution in [0.1, 0.15) is 11.1 Å². The molecule has 1 aliphatic heterocycles.